The quantitative estimate of drug-likeness (QED) is 0.154. The van der Waals surface area contributed by atoms with Gasteiger partial charge in [0.15, 0.2) is 0 Å². The maximum atomic E-state index is 14.3. The largest absolute Gasteiger partial charge is 0.383 e. The van der Waals surface area contributed by atoms with Crippen LogP contribution in [0.15, 0.2) is 12.2 Å². The van der Waals surface area contributed by atoms with E-state index in [1.165, 1.54) is 17.1 Å². The van der Waals surface area contributed by atoms with Crippen LogP contribution in [0.2, 0.25) is 0 Å². The van der Waals surface area contributed by atoms with Gasteiger partial charge in [0.25, 0.3) is 11.8 Å². The van der Waals surface area contributed by atoms with Crippen LogP contribution in [0.3, 0.4) is 0 Å². The summed E-state index contributed by atoms with van der Waals surface area (Å²) in [5.41, 5.74) is -1.29. The van der Waals surface area contributed by atoms with Crippen molar-refractivity contribution in [2.75, 3.05) is 41.0 Å². The van der Waals surface area contributed by atoms with Gasteiger partial charge in [-0.3, -0.25) is 33.7 Å². The second-order valence-electron chi connectivity index (χ2n) is 15.0. The number of rotatable bonds is 19. The molecule has 13 heteroatoms. The number of unbranched alkanes of at least 4 members (excludes halogenated alkanes) is 2. The molecule has 2 aliphatic heterocycles. The molecule has 282 valence electrons. The van der Waals surface area contributed by atoms with E-state index in [1.807, 2.05) is 18.7 Å². The Hall–Kier alpha value is -3.32. The minimum atomic E-state index is -1.29. The number of hydrogen-bond donors (Lipinski definition) is 2. The molecule has 6 amide bonds. The third kappa shape index (κ3) is 11.1. The lowest BCUT2D eigenvalue weighted by Crippen LogP contribution is -2.62. The number of ether oxygens (including phenoxy) is 2. The molecule has 2 fully saturated rings. The Kier molecular flexibility index (Phi) is 15.9. The van der Waals surface area contributed by atoms with E-state index in [1.54, 1.807) is 40.0 Å². The van der Waals surface area contributed by atoms with Crippen LogP contribution in [0.5, 0.6) is 0 Å². The molecule has 50 heavy (non-hydrogen) atoms. The number of likely N-dealkylation sites (N-methyl/N-ethyl adjacent to an activating group) is 1. The first-order chi connectivity index (χ1) is 23.7. The van der Waals surface area contributed by atoms with Crippen molar-refractivity contribution in [3.8, 4) is 0 Å². The lowest BCUT2D eigenvalue weighted by Gasteiger charge is -2.43. The predicted octanol–water partition coefficient (Wildman–Crippen LogP) is 2.96. The molecule has 1 saturated heterocycles. The molecule has 0 spiro atoms. The van der Waals surface area contributed by atoms with E-state index in [-0.39, 0.29) is 66.3 Å². The first-order valence-electron chi connectivity index (χ1n) is 18.4. The summed E-state index contributed by atoms with van der Waals surface area (Å²) in [6, 6.07) is -1.18. The highest BCUT2D eigenvalue weighted by Gasteiger charge is 2.42. The average Bonchev–Trinajstić information content (AvgIpc) is 3.68. The van der Waals surface area contributed by atoms with Crippen LogP contribution in [0.1, 0.15) is 105 Å². The summed E-state index contributed by atoms with van der Waals surface area (Å²) in [5.74, 6) is -1.79. The second-order valence-corrected chi connectivity index (χ2v) is 15.0. The zero-order valence-corrected chi connectivity index (χ0v) is 31.3. The fourth-order valence-corrected chi connectivity index (χ4v) is 7.56. The number of likely N-dealkylation sites (tertiary alicyclic amines) is 1. The highest BCUT2D eigenvalue weighted by atomic mass is 16.5. The molecule has 0 bridgehead atoms. The fraction of sp³-hybridized carbons (Fsp3) is 0.784. The van der Waals surface area contributed by atoms with Crippen LogP contribution in [-0.4, -0.2) is 121 Å². The van der Waals surface area contributed by atoms with E-state index in [0.29, 0.717) is 39.0 Å². The van der Waals surface area contributed by atoms with Gasteiger partial charge in [-0.05, 0) is 64.2 Å². The Labute approximate surface area is 298 Å². The van der Waals surface area contributed by atoms with E-state index in [2.05, 4.69) is 10.6 Å². The normalized spacial score (nSPS) is 20.3. The Balaban J connectivity index is 1.63. The Morgan fingerprint density at radius 3 is 2.22 bits per heavy atom. The van der Waals surface area contributed by atoms with E-state index in [0.717, 1.165) is 44.9 Å². The zero-order valence-electron chi connectivity index (χ0n) is 31.3. The average molecular weight is 704 g/mol. The Bertz CT molecular complexity index is 1210. The van der Waals surface area contributed by atoms with Crippen molar-refractivity contribution >= 4 is 35.4 Å². The van der Waals surface area contributed by atoms with Gasteiger partial charge < -0.3 is 29.9 Å². The number of nitrogens with zero attached hydrogens (tertiary/aromatic N) is 3. The molecule has 4 unspecified atom stereocenters. The summed E-state index contributed by atoms with van der Waals surface area (Å²) < 4.78 is 11.4. The summed E-state index contributed by atoms with van der Waals surface area (Å²) in [6.07, 6.45) is 11.0. The van der Waals surface area contributed by atoms with Gasteiger partial charge >= 0.3 is 0 Å². The molecular formula is C37H61N5O8. The zero-order chi connectivity index (χ0) is 37.0. The van der Waals surface area contributed by atoms with Gasteiger partial charge in [-0.25, -0.2) is 0 Å². The first kappa shape index (κ1) is 41.1. The van der Waals surface area contributed by atoms with Crippen LogP contribution >= 0.6 is 0 Å². The molecule has 0 aromatic rings. The van der Waals surface area contributed by atoms with Gasteiger partial charge in [-0.15, -0.1) is 0 Å². The molecule has 0 aromatic heterocycles. The van der Waals surface area contributed by atoms with Crippen molar-refractivity contribution in [3.05, 3.63) is 12.2 Å². The number of carbonyl (C=O) groups excluding carboxylic acids is 6. The summed E-state index contributed by atoms with van der Waals surface area (Å²) in [6.45, 7) is 8.43. The molecule has 3 aliphatic rings. The van der Waals surface area contributed by atoms with Gasteiger partial charge in [0.1, 0.15) is 11.6 Å². The van der Waals surface area contributed by atoms with Gasteiger partial charge in [0, 0.05) is 52.9 Å². The second kappa shape index (κ2) is 19.3. The third-order valence-corrected chi connectivity index (χ3v) is 10.5. The van der Waals surface area contributed by atoms with Gasteiger partial charge in [-0.2, -0.15) is 0 Å². The molecule has 0 radical (unpaired) electrons. The van der Waals surface area contributed by atoms with E-state index < -0.39 is 23.6 Å². The number of hydrogen-bond acceptors (Lipinski definition) is 8. The molecule has 4 atom stereocenters. The number of nitrogens with one attached hydrogen (secondary N) is 2. The molecule has 1 aliphatic carbocycles. The van der Waals surface area contributed by atoms with Gasteiger partial charge in [0.2, 0.25) is 23.6 Å². The molecule has 13 nitrogen and oxygen atoms in total. The topological polar surface area (TPSA) is 155 Å². The minimum absolute atomic E-state index is 0.00152. The summed E-state index contributed by atoms with van der Waals surface area (Å²) >= 11 is 0. The highest BCUT2D eigenvalue weighted by molar-refractivity contribution is 6.12. The van der Waals surface area contributed by atoms with Crippen molar-refractivity contribution < 1.29 is 38.2 Å². The van der Waals surface area contributed by atoms with Gasteiger partial charge in [0.05, 0.1) is 31.2 Å². The summed E-state index contributed by atoms with van der Waals surface area (Å²) in [4.78, 5) is 82.5. The lowest BCUT2D eigenvalue weighted by molar-refractivity contribution is -0.147. The molecule has 0 aromatic carbocycles. The van der Waals surface area contributed by atoms with Crippen molar-refractivity contribution in [1.29, 1.82) is 0 Å². The van der Waals surface area contributed by atoms with Crippen molar-refractivity contribution in [3.63, 3.8) is 0 Å². The van der Waals surface area contributed by atoms with E-state index >= 15 is 0 Å². The summed E-state index contributed by atoms with van der Waals surface area (Å²) in [7, 11) is 5.00. The molecule has 3 rings (SSSR count). The van der Waals surface area contributed by atoms with Crippen LogP contribution < -0.4 is 10.6 Å². The van der Waals surface area contributed by atoms with Crippen LogP contribution in [-0.2, 0) is 38.2 Å². The van der Waals surface area contributed by atoms with E-state index in [4.69, 9.17) is 9.47 Å². The SMILES string of the molecule is COCC1CCCN1C(=O)CC(OC)C(C1CCCCC1)N(C)C(=O)C(NC(=O)C(C)(C)NC(=O)CCCCCN1C(=O)C=CC1=O)C(C)C. The smallest absolute Gasteiger partial charge is 0.253 e. The van der Waals surface area contributed by atoms with E-state index in [9.17, 15) is 28.8 Å². The number of methoxy groups -OCH3 is 2. The fourth-order valence-electron chi connectivity index (χ4n) is 7.56. The standard InChI is InChI=1S/C37H61N5O8/c1-25(2)33(38-36(48)37(3,4)39-29(43)18-12-9-13-21-42-30(44)19-20-31(42)45)35(47)40(5)34(26-15-10-8-11-16-26)28(50-7)23-32(46)41-22-14-17-27(41)24-49-6/h19-20,25-28,33-34H,8-18,21-24H2,1-7H3,(H,38,48)(H,39,43). The Morgan fingerprint density at radius 1 is 0.960 bits per heavy atom. The predicted molar refractivity (Wildman–Crippen MR) is 188 cm³/mol. The highest BCUT2D eigenvalue weighted by Crippen LogP contribution is 2.33. The van der Waals surface area contributed by atoms with Gasteiger partial charge in [-0.1, -0.05) is 39.5 Å². The lowest BCUT2D eigenvalue weighted by atomic mass is 9.80. The molecular weight excluding hydrogens is 642 g/mol. The third-order valence-electron chi connectivity index (χ3n) is 10.5. The van der Waals surface area contributed by atoms with Crippen molar-refractivity contribution in [2.45, 2.75) is 135 Å². The maximum Gasteiger partial charge on any atom is 0.253 e. The van der Waals surface area contributed by atoms with Crippen LogP contribution in [0, 0.1) is 11.8 Å². The van der Waals surface area contributed by atoms with Crippen LogP contribution in [0.25, 0.3) is 0 Å². The number of imide groups is 1. The van der Waals surface area contributed by atoms with Crippen LogP contribution in [0.4, 0.5) is 0 Å². The minimum Gasteiger partial charge on any atom is -0.383 e. The number of amides is 6. The monoisotopic (exact) mass is 703 g/mol. The van der Waals surface area contributed by atoms with Crippen molar-refractivity contribution in [1.82, 2.24) is 25.3 Å². The number of carbonyl (C=O) groups is 6. The molecule has 2 N–H and O–H groups in total. The molecule has 1 saturated carbocycles. The first-order valence-corrected chi connectivity index (χ1v) is 18.4. The maximum absolute atomic E-state index is 14.3. The van der Waals surface area contributed by atoms with Crippen molar-refractivity contribution in [2.24, 2.45) is 11.8 Å². The summed E-state index contributed by atoms with van der Waals surface area (Å²) in [5, 5.41) is 5.73. The molecule has 2 heterocycles. The Morgan fingerprint density at radius 2 is 1.62 bits per heavy atom.